The Labute approximate surface area is 149 Å². The number of anilines is 1. The maximum absolute atomic E-state index is 12.4. The van der Waals surface area contributed by atoms with Crippen molar-refractivity contribution in [1.29, 1.82) is 0 Å². The molecule has 1 fully saturated rings. The molecule has 1 aliphatic rings. The van der Waals surface area contributed by atoms with Crippen LogP contribution in [0.15, 0.2) is 36.5 Å². The molecule has 0 unspecified atom stereocenters. The third-order valence-corrected chi connectivity index (χ3v) is 4.74. The molecule has 0 saturated carbocycles. The lowest BCUT2D eigenvalue weighted by molar-refractivity contribution is 0.232. The number of aromatic nitrogens is 2. The van der Waals surface area contributed by atoms with Crippen molar-refractivity contribution in [3.63, 3.8) is 0 Å². The van der Waals surface area contributed by atoms with Gasteiger partial charge in [-0.1, -0.05) is 18.2 Å². The van der Waals surface area contributed by atoms with Gasteiger partial charge >= 0.3 is 6.03 Å². The monoisotopic (exact) mass is 341 g/mol. The SMILES string of the molecule is Cc1nn(C)cc1[C@H](C)NC(=O)N[C@H]1CCCN(c2ccccc2)C1. The van der Waals surface area contributed by atoms with Gasteiger partial charge in [-0.25, -0.2) is 4.79 Å². The molecule has 2 amide bonds. The highest BCUT2D eigenvalue weighted by atomic mass is 16.2. The number of amides is 2. The summed E-state index contributed by atoms with van der Waals surface area (Å²) in [7, 11) is 1.89. The van der Waals surface area contributed by atoms with Crippen molar-refractivity contribution in [1.82, 2.24) is 20.4 Å². The Morgan fingerprint density at radius 1 is 1.32 bits per heavy atom. The molecule has 0 radical (unpaired) electrons. The smallest absolute Gasteiger partial charge is 0.315 e. The van der Waals surface area contributed by atoms with Gasteiger partial charge in [-0.2, -0.15) is 5.10 Å². The number of urea groups is 1. The minimum atomic E-state index is -0.115. The standard InChI is InChI=1S/C19H27N5O/c1-14(18-13-23(3)22-15(18)2)20-19(25)21-16-8-7-11-24(12-16)17-9-5-4-6-10-17/h4-6,9-10,13-14,16H,7-8,11-12H2,1-3H3,(H2,20,21,25)/t14-,16-/m0/s1. The maximum atomic E-state index is 12.4. The molecule has 1 aromatic heterocycles. The molecule has 2 heterocycles. The van der Waals surface area contributed by atoms with E-state index in [1.165, 1.54) is 5.69 Å². The minimum absolute atomic E-state index is 0.0671. The van der Waals surface area contributed by atoms with Crippen LogP contribution in [0.25, 0.3) is 0 Å². The topological polar surface area (TPSA) is 62.2 Å². The molecule has 0 aliphatic carbocycles. The van der Waals surface area contributed by atoms with Crippen LogP contribution in [0.4, 0.5) is 10.5 Å². The van der Waals surface area contributed by atoms with Gasteiger partial charge in [0.25, 0.3) is 0 Å². The number of nitrogens with one attached hydrogen (secondary N) is 2. The lowest BCUT2D eigenvalue weighted by Gasteiger charge is -2.35. The number of para-hydroxylation sites is 1. The highest BCUT2D eigenvalue weighted by molar-refractivity contribution is 5.75. The van der Waals surface area contributed by atoms with Crippen LogP contribution in [0, 0.1) is 6.92 Å². The summed E-state index contributed by atoms with van der Waals surface area (Å²) < 4.78 is 1.78. The average Bonchev–Trinajstić information content (AvgIpc) is 2.94. The molecule has 2 atom stereocenters. The number of rotatable bonds is 4. The van der Waals surface area contributed by atoms with Gasteiger partial charge in [0.05, 0.1) is 11.7 Å². The van der Waals surface area contributed by atoms with Crippen molar-refractivity contribution in [2.45, 2.75) is 38.8 Å². The molecule has 1 aliphatic heterocycles. The zero-order chi connectivity index (χ0) is 17.8. The number of hydrogen-bond acceptors (Lipinski definition) is 3. The highest BCUT2D eigenvalue weighted by Crippen LogP contribution is 2.20. The van der Waals surface area contributed by atoms with Crippen LogP contribution in [0.5, 0.6) is 0 Å². The first-order valence-electron chi connectivity index (χ1n) is 8.90. The summed E-state index contributed by atoms with van der Waals surface area (Å²) in [5.41, 5.74) is 3.21. The first-order valence-corrected chi connectivity index (χ1v) is 8.90. The summed E-state index contributed by atoms with van der Waals surface area (Å²) in [6.07, 6.45) is 4.05. The Balaban J connectivity index is 1.54. The van der Waals surface area contributed by atoms with Gasteiger partial charge in [-0.15, -0.1) is 0 Å². The number of piperidine rings is 1. The van der Waals surface area contributed by atoms with Crippen molar-refractivity contribution in [2.24, 2.45) is 7.05 Å². The molecule has 1 saturated heterocycles. The fourth-order valence-corrected chi connectivity index (χ4v) is 3.51. The van der Waals surface area contributed by atoms with Gasteiger partial charge in [0.1, 0.15) is 0 Å². The first-order chi connectivity index (χ1) is 12.0. The Bertz CT molecular complexity index is 712. The number of aryl methyl sites for hydroxylation is 2. The number of carbonyl (C=O) groups is 1. The molecule has 0 spiro atoms. The van der Waals surface area contributed by atoms with Crippen molar-refractivity contribution >= 4 is 11.7 Å². The second-order valence-electron chi connectivity index (χ2n) is 6.80. The normalized spacial score (nSPS) is 18.7. The molecule has 0 bridgehead atoms. The average molecular weight is 341 g/mol. The van der Waals surface area contributed by atoms with Crippen LogP contribution in [0.1, 0.15) is 37.1 Å². The molecule has 1 aromatic carbocycles. The predicted octanol–water partition coefficient (Wildman–Crippen LogP) is 2.76. The maximum Gasteiger partial charge on any atom is 0.315 e. The van der Waals surface area contributed by atoms with E-state index < -0.39 is 0 Å². The van der Waals surface area contributed by atoms with Crippen molar-refractivity contribution < 1.29 is 4.79 Å². The van der Waals surface area contributed by atoms with E-state index in [1.54, 1.807) is 4.68 Å². The summed E-state index contributed by atoms with van der Waals surface area (Å²) in [6.45, 7) is 5.83. The molecule has 25 heavy (non-hydrogen) atoms. The van der Waals surface area contributed by atoms with E-state index in [0.29, 0.717) is 0 Å². The lowest BCUT2D eigenvalue weighted by atomic mass is 10.0. The molecule has 2 aromatic rings. The molecule has 3 rings (SSSR count). The van der Waals surface area contributed by atoms with Crippen molar-refractivity contribution in [3.05, 3.63) is 47.8 Å². The Morgan fingerprint density at radius 2 is 2.08 bits per heavy atom. The molecule has 134 valence electrons. The molecule has 6 heteroatoms. The molecular formula is C19H27N5O. The van der Waals surface area contributed by atoms with Crippen LogP contribution < -0.4 is 15.5 Å². The predicted molar refractivity (Wildman–Crippen MR) is 99.7 cm³/mol. The van der Waals surface area contributed by atoms with Gasteiger partial charge in [0, 0.05) is 43.6 Å². The third kappa shape index (κ3) is 4.32. The van der Waals surface area contributed by atoms with Gasteiger partial charge in [-0.3, -0.25) is 4.68 Å². The van der Waals surface area contributed by atoms with Crippen LogP contribution >= 0.6 is 0 Å². The van der Waals surface area contributed by atoms with Crippen LogP contribution in [-0.4, -0.2) is 34.9 Å². The van der Waals surface area contributed by atoms with Crippen LogP contribution in [0.3, 0.4) is 0 Å². The van der Waals surface area contributed by atoms with E-state index in [4.69, 9.17) is 0 Å². The van der Waals surface area contributed by atoms with Gasteiger partial charge in [0.2, 0.25) is 0 Å². The van der Waals surface area contributed by atoms with Crippen LogP contribution in [-0.2, 0) is 7.05 Å². The molecule has 6 nitrogen and oxygen atoms in total. The molecular weight excluding hydrogens is 314 g/mol. The van der Waals surface area contributed by atoms with Crippen molar-refractivity contribution in [2.75, 3.05) is 18.0 Å². The van der Waals surface area contributed by atoms with E-state index in [1.807, 2.05) is 33.2 Å². The van der Waals surface area contributed by atoms with E-state index in [0.717, 1.165) is 37.2 Å². The number of nitrogens with zero attached hydrogens (tertiary/aromatic N) is 3. The fourth-order valence-electron chi connectivity index (χ4n) is 3.51. The summed E-state index contributed by atoms with van der Waals surface area (Å²) in [5.74, 6) is 0. The lowest BCUT2D eigenvalue weighted by Crippen LogP contribution is -2.51. The Morgan fingerprint density at radius 3 is 2.76 bits per heavy atom. The zero-order valence-corrected chi connectivity index (χ0v) is 15.2. The summed E-state index contributed by atoms with van der Waals surface area (Å²) in [6, 6.07) is 10.4. The second kappa shape index (κ2) is 7.59. The number of hydrogen-bond donors (Lipinski definition) is 2. The zero-order valence-electron chi connectivity index (χ0n) is 15.2. The second-order valence-corrected chi connectivity index (χ2v) is 6.80. The van der Waals surface area contributed by atoms with E-state index in [9.17, 15) is 4.79 Å². The summed E-state index contributed by atoms with van der Waals surface area (Å²) >= 11 is 0. The minimum Gasteiger partial charge on any atom is -0.369 e. The largest absolute Gasteiger partial charge is 0.369 e. The summed E-state index contributed by atoms with van der Waals surface area (Å²) in [4.78, 5) is 14.7. The summed E-state index contributed by atoms with van der Waals surface area (Å²) in [5, 5.41) is 10.5. The first kappa shape index (κ1) is 17.3. The number of carbonyl (C=O) groups excluding carboxylic acids is 1. The van der Waals surface area contributed by atoms with E-state index >= 15 is 0 Å². The quantitative estimate of drug-likeness (QED) is 0.899. The van der Waals surface area contributed by atoms with E-state index in [2.05, 4.69) is 44.9 Å². The Kier molecular flexibility index (Phi) is 5.26. The van der Waals surface area contributed by atoms with Gasteiger partial charge in [-0.05, 0) is 38.8 Å². The highest BCUT2D eigenvalue weighted by Gasteiger charge is 2.22. The molecule has 2 N–H and O–H groups in total. The van der Waals surface area contributed by atoms with Gasteiger partial charge < -0.3 is 15.5 Å². The fraction of sp³-hybridized carbons (Fsp3) is 0.474. The van der Waals surface area contributed by atoms with E-state index in [-0.39, 0.29) is 18.1 Å². The Hall–Kier alpha value is -2.50. The van der Waals surface area contributed by atoms with Gasteiger partial charge in [0.15, 0.2) is 0 Å². The van der Waals surface area contributed by atoms with Crippen LogP contribution in [0.2, 0.25) is 0 Å². The number of benzene rings is 1. The van der Waals surface area contributed by atoms with Crippen molar-refractivity contribution in [3.8, 4) is 0 Å². The third-order valence-electron chi connectivity index (χ3n) is 4.74.